The Labute approximate surface area is 140 Å². The zero-order chi connectivity index (χ0) is 17.5. The largest absolute Gasteiger partial charge is 0.493 e. The van der Waals surface area contributed by atoms with Gasteiger partial charge in [-0.05, 0) is 30.7 Å². The number of anilines is 2. The van der Waals surface area contributed by atoms with Gasteiger partial charge in [0.05, 0.1) is 18.6 Å². The van der Waals surface area contributed by atoms with Gasteiger partial charge in [-0.3, -0.25) is 10.1 Å². The molecule has 0 amide bonds. The number of ether oxygens (including phenoxy) is 3. The predicted molar refractivity (Wildman–Crippen MR) is 91.5 cm³/mol. The van der Waals surface area contributed by atoms with E-state index in [-0.39, 0.29) is 5.69 Å². The van der Waals surface area contributed by atoms with Crippen molar-refractivity contribution in [2.24, 2.45) is 0 Å². The number of nitrogens with zero attached hydrogens (tertiary/aromatic N) is 1. The van der Waals surface area contributed by atoms with Crippen molar-refractivity contribution in [2.75, 3.05) is 32.8 Å². The van der Waals surface area contributed by atoms with Crippen LogP contribution < -0.4 is 14.8 Å². The van der Waals surface area contributed by atoms with E-state index < -0.39 is 4.92 Å². The van der Waals surface area contributed by atoms with Crippen LogP contribution in [-0.2, 0) is 4.74 Å². The van der Waals surface area contributed by atoms with Crippen LogP contribution in [-0.4, -0.2) is 32.4 Å². The molecular formula is C17H20N2O5. The van der Waals surface area contributed by atoms with E-state index >= 15 is 0 Å². The lowest BCUT2D eigenvalue weighted by molar-refractivity contribution is -0.384. The monoisotopic (exact) mass is 332 g/mol. The Hall–Kier alpha value is -2.80. The molecule has 0 unspecified atom stereocenters. The van der Waals surface area contributed by atoms with Crippen molar-refractivity contribution in [3.8, 4) is 11.5 Å². The van der Waals surface area contributed by atoms with Gasteiger partial charge in [0.2, 0.25) is 0 Å². The van der Waals surface area contributed by atoms with Crippen molar-refractivity contribution in [3.05, 3.63) is 52.1 Å². The highest BCUT2D eigenvalue weighted by molar-refractivity contribution is 5.71. The van der Waals surface area contributed by atoms with Crippen LogP contribution in [0.2, 0.25) is 0 Å². The zero-order valence-electron chi connectivity index (χ0n) is 13.9. The molecule has 0 aliphatic heterocycles. The maximum atomic E-state index is 11.2. The highest BCUT2D eigenvalue weighted by Gasteiger charge is 2.15. The standard InChI is InChI=1S/C17H20N2O5/c1-12-4-6-14(15(10-12)19(20)21)18-13-5-7-16(23-3)17(11-13)24-9-8-22-2/h4-7,10-11,18H,8-9H2,1-3H3. The molecule has 2 rings (SSSR count). The van der Waals surface area contributed by atoms with Crippen LogP contribution in [0, 0.1) is 17.0 Å². The van der Waals surface area contributed by atoms with Crippen molar-refractivity contribution in [1.82, 2.24) is 0 Å². The first-order valence-corrected chi connectivity index (χ1v) is 7.37. The van der Waals surface area contributed by atoms with Crippen LogP contribution in [0.4, 0.5) is 17.1 Å². The summed E-state index contributed by atoms with van der Waals surface area (Å²) in [7, 11) is 3.14. The van der Waals surface area contributed by atoms with E-state index in [4.69, 9.17) is 14.2 Å². The van der Waals surface area contributed by atoms with Crippen LogP contribution >= 0.6 is 0 Å². The van der Waals surface area contributed by atoms with Gasteiger partial charge in [-0.15, -0.1) is 0 Å². The second-order valence-electron chi connectivity index (χ2n) is 5.11. The van der Waals surface area contributed by atoms with Crippen LogP contribution in [0.3, 0.4) is 0 Å². The summed E-state index contributed by atoms with van der Waals surface area (Å²) in [5, 5.41) is 14.3. The lowest BCUT2D eigenvalue weighted by atomic mass is 10.2. The molecule has 0 atom stereocenters. The number of nitrogens with one attached hydrogen (secondary N) is 1. The molecule has 128 valence electrons. The van der Waals surface area contributed by atoms with Gasteiger partial charge < -0.3 is 19.5 Å². The second kappa shape index (κ2) is 8.16. The molecule has 0 radical (unpaired) electrons. The highest BCUT2D eigenvalue weighted by atomic mass is 16.6. The molecule has 7 nitrogen and oxygen atoms in total. The van der Waals surface area contributed by atoms with E-state index in [0.29, 0.717) is 36.1 Å². The average Bonchev–Trinajstić information content (AvgIpc) is 2.57. The third-order valence-electron chi connectivity index (χ3n) is 3.34. The topological polar surface area (TPSA) is 82.9 Å². The fourth-order valence-corrected chi connectivity index (χ4v) is 2.16. The van der Waals surface area contributed by atoms with Crippen LogP contribution in [0.25, 0.3) is 0 Å². The highest BCUT2D eigenvalue weighted by Crippen LogP contribution is 2.34. The van der Waals surface area contributed by atoms with Crippen LogP contribution in [0.15, 0.2) is 36.4 Å². The van der Waals surface area contributed by atoms with Gasteiger partial charge in [0.15, 0.2) is 11.5 Å². The quantitative estimate of drug-likeness (QED) is 0.451. The van der Waals surface area contributed by atoms with Crippen molar-refractivity contribution in [2.45, 2.75) is 6.92 Å². The summed E-state index contributed by atoms with van der Waals surface area (Å²) in [5.74, 6) is 1.12. The second-order valence-corrected chi connectivity index (χ2v) is 5.11. The first-order valence-electron chi connectivity index (χ1n) is 7.37. The minimum Gasteiger partial charge on any atom is -0.493 e. The van der Waals surface area contributed by atoms with E-state index in [0.717, 1.165) is 5.56 Å². The smallest absolute Gasteiger partial charge is 0.292 e. The molecule has 0 aliphatic rings. The maximum Gasteiger partial charge on any atom is 0.292 e. The lowest BCUT2D eigenvalue weighted by Gasteiger charge is -2.13. The number of nitro groups is 1. The summed E-state index contributed by atoms with van der Waals surface area (Å²) in [6.07, 6.45) is 0. The molecule has 2 aromatic carbocycles. The summed E-state index contributed by atoms with van der Waals surface area (Å²) >= 11 is 0. The lowest BCUT2D eigenvalue weighted by Crippen LogP contribution is -2.05. The third-order valence-corrected chi connectivity index (χ3v) is 3.34. The van der Waals surface area contributed by atoms with Gasteiger partial charge in [0.25, 0.3) is 5.69 Å². The summed E-state index contributed by atoms with van der Waals surface area (Å²) in [6, 6.07) is 10.3. The fraction of sp³-hybridized carbons (Fsp3) is 0.294. The Morgan fingerprint density at radius 3 is 2.54 bits per heavy atom. The normalized spacial score (nSPS) is 10.3. The number of hydrogen-bond donors (Lipinski definition) is 1. The van der Waals surface area contributed by atoms with Crippen LogP contribution in [0.1, 0.15) is 5.56 Å². The zero-order valence-corrected chi connectivity index (χ0v) is 13.9. The maximum absolute atomic E-state index is 11.2. The van der Waals surface area contributed by atoms with Gasteiger partial charge in [0.1, 0.15) is 12.3 Å². The fourth-order valence-electron chi connectivity index (χ4n) is 2.16. The molecule has 0 aromatic heterocycles. The summed E-state index contributed by atoms with van der Waals surface area (Å²) in [4.78, 5) is 10.8. The third kappa shape index (κ3) is 4.36. The number of benzene rings is 2. The minimum atomic E-state index is -0.408. The van der Waals surface area contributed by atoms with E-state index in [9.17, 15) is 10.1 Å². The molecule has 24 heavy (non-hydrogen) atoms. The van der Waals surface area contributed by atoms with Crippen molar-refractivity contribution >= 4 is 17.1 Å². The molecule has 0 fully saturated rings. The first-order chi connectivity index (χ1) is 11.5. The van der Waals surface area contributed by atoms with E-state index in [1.807, 2.05) is 13.0 Å². The van der Waals surface area contributed by atoms with Gasteiger partial charge in [-0.25, -0.2) is 0 Å². The Kier molecular flexibility index (Phi) is 5.97. The van der Waals surface area contributed by atoms with Crippen LogP contribution in [0.5, 0.6) is 11.5 Å². The molecule has 0 heterocycles. The summed E-state index contributed by atoms with van der Waals surface area (Å²) < 4.78 is 15.8. The molecule has 0 aliphatic carbocycles. The van der Waals surface area contributed by atoms with E-state index in [1.54, 1.807) is 38.5 Å². The minimum absolute atomic E-state index is 0.0210. The Balaban J connectivity index is 2.27. The predicted octanol–water partition coefficient (Wildman–Crippen LogP) is 3.68. The summed E-state index contributed by atoms with van der Waals surface area (Å²) in [5.41, 5.74) is 1.92. The van der Waals surface area contributed by atoms with Crippen molar-refractivity contribution in [1.29, 1.82) is 0 Å². The number of methoxy groups -OCH3 is 2. The number of hydrogen-bond acceptors (Lipinski definition) is 6. The Morgan fingerprint density at radius 1 is 1.08 bits per heavy atom. The first kappa shape index (κ1) is 17.6. The van der Waals surface area contributed by atoms with Gasteiger partial charge in [-0.1, -0.05) is 6.07 Å². The Bertz CT molecular complexity index is 718. The molecule has 0 saturated heterocycles. The van der Waals surface area contributed by atoms with Crippen molar-refractivity contribution < 1.29 is 19.1 Å². The molecular weight excluding hydrogens is 312 g/mol. The average molecular weight is 332 g/mol. The molecule has 2 aromatic rings. The number of aryl methyl sites for hydroxylation is 1. The molecule has 7 heteroatoms. The molecule has 0 spiro atoms. The van der Waals surface area contributed by atoms with Crippen molar-refractivity contribution in [3.63, 3.8) is 0 Å². The molecule has 0 bridgehead atoms. The van der Waals surface area contributed by atoms with E-state index in [1.165, 1.54) is 6.07 Å². The van der Waals surface area contributed by atoms with Gasteiger partial charge in [-0.2, -0.15) is 0 Å². The molecule has 1 N–H and O–H groups in total. The number of rotatable bonds is 8. The summed E-state index contributed by atoms with van der Waals surface area (Å²) in [6.45, 7) is 2.64. The van der Waals surface area contributed by atoms with Gasteiger partial charge >= 0.3 is 0 Å². The Morgan fingerprint density at radius 2 is 1.88 bits per heavy atom. The number of nitro benzene ring substituents is 1. The molecule has 0 saturated carbocycles. The SMILES string of the molecule is COCCOc1cc(Nc2ccc(C)cc2[N+](=O)[O-])ccc1OC. The van der Waals surface area contributed by atoms with Gasteiger partial charge in [0, 0.05) is 24.9 Å². The van der Waals surface area contributed by atoms with E-state index in [2.05, 4.69) is 5.32 Å².